The Morgan fingerprint density at radius 2 is 0.839 bits per heavy atom. The van der Waals surface area contributed by atoms with Crippen LogP contribution < -0.4 is 20.7 Å². The maximum Gasteiger partial charge on any atom is 0.179 e. The molecule has 0 N–H and O–H groups in total. The number of para-hydroxylation sites is 2. The summed E-state index contributed by atoms with van der Waals surface area (Å²) in [6.07, 6.45) is 0. The summed E-state index contributed by atoms with van der Waals surface area (Å²) in [5.41, 5.74) is 9.25. The van der Waals surface area contributed by atoms with Crippen LogP contribution >= 0.6 is 0 Å². The fourth-order valence-electron chi connectivity index (χ4n) is 10.1. The highest BCUT2D eigenvalue weighted by atomic mass is 28.3. The molecule has 0 aliphatic rings. The molecule has 6 heteroatoms. The van der Waals surface area contributed by atoms with Gasteiger partial charge in [0.05, 0.1) is 45.3 Å². The summed E-state index contributed by atoms with van der Waals surface area (Å²) in [4.78, 5) is 0. The minimum atomic E-state index is -3.08. The van der Waals surface area contributed by atoms with Gasteiger partial charge in [-0.3, -0.25) is 0 Å². The van der Waals surface area contributed by atoms with E-state index in [0.717, 1.165) is 66.2 Å². The molecule has 0 amide bonds. The highest BCUT2D eigenvalue weighted by molar-refractivity contribution is 7.20. The summed E-state index contributed by atoms with van der Waals surface area (Å²) < 4.78 is 11.1. The largest absolute Gasteiger partial charge is 0.456 e. The van der Waals surface area contributed by atoms with Gasteiger partial charge in [0, 0.05) is 43.7 Å². The number of hydrogen-bond acceptors (Lipinski definition) is 3. The van der Waals surface area contributed by atoms with Gasteiger partial charge in [0.25, 0.3) is 0 Å². The predicted octanol–water partition coefficient (Wildman–Crippen LogP) is 10.9. The van der Waals surface area contributed by atoms with Gasteiger partial charge in [-0.2, -0.15) is 10.5 Å². The molecule has 3 heterocycles. The highest BCUT2D eigenvalue weighted by Gasteiger charge is 2.42. The molecule has 12 rings (SSSR count). The zero-order valence-electron chi connectivity index (χ0n) is 33.3. The SMILES string of the molecule is N#Cc1ccc2c(c1)c1cc(C#N)ccc1n2-c1cccc([Si](c2ccccc2)(c2ccccc2)c2cccc(-n3c4ccccc4c4c5c(ccc43)oc3ccccc35)c2)c1. The Balaban J connectivity index is 1.15. The Kier molecular flexibility index (Phi) is 7.92. The van der Waals surface area contributed by atoms with E-state index < -0.39 is 8.07 Å². The fraction of sp³-hybridized carbons (Fsp3) is 0. The topological polar surface area (TPSA) is 70.6 Å². The summed E-state index contributed by atoms with van der Waals surface area (Å²) >= 11 is 0. The van der Waals surface area contributed by atoms with Crippen molar-refractivity contribution in [3.63, 3.8) is 0 Å². The summed E-state index contributed by atoms with van der Waals surface area (Å²) in [5.74, 6) is 0. The van der Waals surface area contributed by atoms with E-state index >= 15 is 0 Å². The molecule has 0 aliphatic heterocycles. The quantitative estimate of drug-likeness (QED) is 0.124. The van der Waals surface area contributed by atoms with Crippen LogP contribution in [0.1, 0.15) is 11.1 Å². The van der Waals surface area contributed by atoms with Crippen LogP contribution in [0.5, 0.6) is 0 Å². The van der Waals surface area contributed by atoms with Crippen LogP contribution in [-0.4, -0.2) is 17.2 Å². The van der Waals surface area contributed by atoms with E-state index in [1.54, 1.807) is 0 Å². The second kappa shape index (κ2) is 13.8. The highest BCUT2D eigenvalue weighted by Crippen LogP contribution is 2.41. The number of fused-ring (bicyclic) bond motifs is 10. The van der Waals surface area contributed by atoms with Gasteiger partial charge in [0.2, 0.25) is 0 Å². The molecule has 0 atom stereocenters. The van der Waals surface area contributed by atoms with E-state index in [1.165, 1.54) is 31.5 Å². The number of rotatable bonds is 6. The lowest BCUT2D eigenvalue weighted by Crippen LogP contribution is -2.74. The fourth-order valence-corrected chi connectivity index (χ4v) is 14.9. The van der Waals surface area contributed by atoms with E-state index in [2.05, 4.69) is 179 Å². The maximum absolute atomic E-state index is 9.89. The van der Waals surface area contributed by atoms with Crippen LogP contribution in [0.15, 0.2) is 211 Å². The average Bonchev–Trinajstić information content (AvgIpc) is 4.00. The summed E-state index contributed by atoms with van der Waals surface area (Å²) in [5, 5.41) is 31.3. The maximum atomic E-state index is 9.89. The third-order valence-corrected chi connectivity index (χ3v) is 17.4. The summed E-state index contributed by atoms with van der Waals surface area (Å²) in [6.45, 7) is 0. The number of furan rings is 1. The Hall–Kier alpha value is -8.42. The third-order valence-electron chi connectivity index (χ3n) is 12.7. The Morgan fingerprint density at radius 3 is 1.44 bits per heavy atom. The lowest BCUT2D eigenvalue weighted by molar-refractivity contribution is 0.669. The second-order valence-corrected chi connectivity index (χ2v) is 19.7. The van der Waals surface area contributed by atoms with Gasteiger partial charge in [0.1, 0.15) is 11.2 Å². The minimum absolute atomic E-state index is 0.581. The van der Waals surface area contributed by atoms with Crippen molar-refractivity contribution in [3.8, 4) is 23.5 Å². The van der Waals surface area contributed by atoms with E-state index in [1.807, 2.05) is 48.5 Å². The average molecular weight is 807 g/mol. The van der Waals surface area contributed by atoms with E-state index in [0.29, 0.717) is 11.1 Å². The standard InChI is InChI=1S/C56H34N4OSi/c57-35-37-25-27-50-47(31-37)48-32-38(36-58)26-28-51(48)59(50)39-13-11-19-43(33-39)62(41-15-3-1-4-16-41,42-17-5-2-6-18-42)44-20-12-14-40(34-44)60-49-23-9-7-21-45(49)55-52(60)29-30-54-56(55)46-22-8-10-24-53(46)61-54/h1-34H. The number of hydrogen-bond donors (Lipinski definition) is 0. The molecule has 5 nitrogen and oxygen atoms in total. The van der Waals surface area contributed by atoms with Crippen LogP contribution in [0.2, 0.25) is 0 Å². The molecule has 12 aromatic rings. The Morgan fingerprint density at radius 1 is 0.355 bits per heavy atom. The van der Waals surface area contributed by atoms with E-state index in [-0.39, 0.29) is 0 Å². The van der Waals surface area contributed by atoms with Crippen molar-refractivity contribution < 1.29 is 4.42 Å². The molecule has 0 saturated carbocycles. The lowest BCUT2D eigenvalue weighted by Gasteiger charge is -2.35. The van der Waals surface area contributed by atoms with Crippen LogP contribution in [0.3, 0.4) is 0 Å². The van der Waals surface area contributed by atoms with Crippen molar-refractivity contribution in [1.82, 2.24) is 9.13 Å². The third kappa shape index (κ3) is 5.12. The predicted molar refractivity (Wildman–Crippen MR) is 255 cm³/mol. The minimum Gasteiger partial charge on any atom is -0.456 e. The molecular formula is C56H34N4OSi. The van der Waals surface area contributed by atoms with Crippen molar-refractivity contribution in [1.29, 1.82) is 10.5 Å². The van der Waals surface area contributed by atoms with E-state index in [4.69, 9.17) is 4.42 Å². The zero-order valence-corrected chi connectivity index (χ0v) is 34.3. The van der Waals surface area contributed by atoms with Gasteiger partial charge in [-0.1, -0.05) is 121 Å². The normalized spacial score (nSPS) is 11.8. The molecule has 0 radical (unpaired) electrons. The van der Waals surface area contributed by atoms with Gasteiger partial charge >= 0.3 is 0 Å². The van der Waals surface area contributed by atoms with Crippen LogP contribution in [-0.2, 0) is 0 Å². The molecule has 0 aliphatic carbocycles. The van der Waals surface area contributed by atoms with Gasteiger partial charge in [-0.15, -0.1) is 0 Å². The number of nitriles is 2. The molecule has 0 fully saturated rings. The van der Waals surface area contributed by atoms with Gasteiger partial charge in [-0.05, 0) is 106 Å². The molecule has 288 valence electrons. The first-order valence-electron chi connectivity index (χ1n) is 20.7. The summed E-state index contributed by atoms with van der Waals surface area (Å²) in [6, 6.07) is 77.9. The first-order valence-corrected chi connectivity index (χ1v) is 22.7. The van der Waals surface area contributed by atoms with E-state index in [9.17, 15) is 10.5 Å². The number of aromatic nitrogens is 2. The molecule has 0 unspecified atom stereocenters. The lowest BCUT2D eigenvalue weighted by atomic mass is 10.1. The van der Waals surface area contributed by atoms with Crippen LogP contribution in [0, 0.1) is 22.7 Å². The molecule has 0 saturated heterocycles. The molecular weight excluding hydrogens is 773 g/mol. The van der Waals surface area contributed by atoms with Crippen molar-refractivity contribution in [2.75, 3.05) is 0 Å². The number of nitrogens with zero attached hydrogens (tertiary/aromatic N) is 4. The van der Waals surface area contributed by atoms with Gasteiger partial charge in [-0.25, -0.2) is 0 Å². The first-order chi connectivity index (χ1) is 30.6. The molecule has 0 bridgehead atoms. The van der Waals surface area contributed by atoms with Crippen LogP contribution in [0.4, 0.5) is 0 Å². The molecule has 0 spiro atoms. The Bertz CT molecular complexity index is 3730. The van der Waals surface area contributed by atoms with Gasteiger partial charge < -0.3 is 13.6 Å². The summed E-state index contributed by atoms with van der Waals surface area (Å²) in [7, 11) is -3.08. The molecule has 3 aromatic heterocycles. The van der Waals surface area contributed by atoms with Crippen molar-refractivity contribution in [3.05, 3.63) is 217 Å². The van der Waals surface area contributed by atoms with Crippen LogP contribution in [0.25, 0.3) is 76.9 Å². The van der Waals surface area contributed by atoms with Crippen molar-refractivity contribution in [2.45, 2.75) is 0 Å². The zero-order chi connectivity index (χ0) is 41.4. The van der Waals surface area contributed by atoms with Crippen molar-refractivity contribution >= 4 is 94.4 Å². The first kappa shape index (κ1) is 35.5. The monoisotopic (exact) mass is 806 g/mol. The molecule has 62 heavy (non-hydrogen) atoms. The number of benzene rings is 9. The smallest absolute Gasteiger partial charge is 0.179 e. The Labute approximate surface area is 357 Å². The van der Waals surface area contributed by atoms with Gasteiger partial charge in [0.15, 0.2) is 8.07 Å². The van der Waals surface area contributed by atoms with Crippen molar-refractivity contribution in [2.24, 2.45) is 0 Å². The second-order valence-electron chi connectivity index (χ2n) is 15.9. The molecule has 9 aromatic carbocycles.